The summed E-state index contributed by atoms with van der Waals surface area (Å²) in [5, 5.41) is 0. The van der Waals surface area contributed by atoms with Crippen LogP contribution in [0.1, 0.15) is 228 Å². The van der Waals surface area contributed by atoms with Crippen molar-refractivity contribution in [3.63, 3.8) is 0 Å². The minimum absolute atomic E-state index is 0.0679. The van der Waals surface area contributed by atoms with E-state index in [4.69, 9.17) is 14.2 Å². The van der Waals surface area contributed by atoms with Crippen LogP contribution in [0.2, 0.25) is 0 Å². The molecule has 0 spiro atoms. The van der Waals surface area contributed by atoms with E-state index in [-0.39, 0.29) is 31.1 Å². The quantitative estimate of drug-likeness (QED) is 0.0363. The highest BCUT2D eigenvalue weighted by atomic mass is 16.6. The van der Waals surface area contributed by atoms with Crippen molar-refractivity contribution in [2.45, 2.75) is 234 Å². The number of hydrogen-bond acceptors (Lipinski definition) is 6. The molecule has 6 heteroatoms. The zero-order valence-electron chi connectivity index (χ0n) is 34.2. The van der Waals surface area contributed by atoms with Crippen molar-refractivity contribution in [3.8, 4) is 0 Å². The SMILES string of the molecule is CCC(C)CCCCCCCCC(=O)O[C@@H](COC(=O)CCCCCCCCCCCCC(C)C)COC(=O)CCCCCCCCC(C)C. The molecule has 0 aromatic heterocycles. The molecule has 6 nitrogen and oxygen atoms in total. The average Bonchev–Trinajstić information content (AvgIpc) is 3.08. The molecular weight excluding hydrogens is 624 g/mol. The van der Waals surface area contributed by atoms with Gasteiger partial charge in [0, 0.05) is 19.3 Å². The number of ether oxygens (including phenoxy) is 3. The molecule has 1 unspecified atom stereocenters. The first kappa shape index (κ1) is 48.4. The Bertz CT molecular complexity index is 778. The summed E-state index contributed by atoms with van der Waals surface area (Å²) < 4.78 is 16.7. The van der Waals surface area contributed by atoms with Crippen LogP contribution >= 0.6 is 0 Å². The summed E-state index contributed by atoms with van der Waals surface area (Å²) in [6.07, 6.45) is 31.0. The summed E-state index contributed by atoms with van der Waals surface area (Å²) in [6, 6.07) is 0. The van der Waals surface area contributed by atoms with Gasteiger partial charge in [0.2, 0.25) is 0 Å². The van der Waals surface area contributed by atoms with Crippen LogP contribution in [-0.2, 0) is 28.6 Å². The summed E-state index contributed by atoms with van der Waals surface area (Å²) >= 11 is 0. The van der Waals surface area contributed by atoms with Gasteiger partial charge in [0.1, 0.15) is 13.2 Å². The summed E-state index contributed by atoms with van der Waals surface area (Å²) in [6.45, 7) is 13.6. The molecule has 0 rings (SSSR count). The molecule has 0 heterocycles. The number of carbonyl (C=O) groups excluding carboxylic acids is 3. The highest BCUT2D eigenvalue weighted by Gasteiger charge is 2.19. The van der Waals surface area contributed by atoms with Gasteiger partial charge in [0.05, 0.1) is 0 Å². The second-order valence-electron chi connectivity index (χ2n) is 16.2. The number of unbranched alkanes of at least 4 members (excludes halogenated alkanes) is 19. The fourth-order valence-electron chi connectivity index (χ4n) is 6.32. The van der Waals surface area contributed by atoms with Gasteiger partial charge in [-0.05, 0) is 37.0 Å². The summed E-state index contributed by atoms with van der Waals surface area (Å²) in [5.74, 6) is 1.52. The van der Waals surface area contributed by atoms with Gasteiger partial charge in [-0.3, -0.25) is 14.4 Å². The van der Waals surface area contributed by atoms with Crippen molar-refractivity contribution in [1.82, 2.24) is 0 Å². The lowest BCUT2D eigenvalue weighted by Gasteiger charge is -2.18. The predicted octanol–water partition coefficient (Wildman–Crippen LogP) is 13.3. The second-order valence-corrected chi connectivity index (χ2v) is 16.2. The van der Waals surface area contributed by atoms with E-state index in [9.17, 15) is 14.4 Å². The van der Waals surface area contributed by atoms with Gasteiger partial charge < -0.3 is 14.2 Å². The lowest BCUT2D eigenvalue weighted by molar-refractivity contribution is -0.167. The van der Waals surface area contributed by atoms with E-state index in [2.05, 4.69) is 41.5 Å². The van der Waals surface area contributed by atoms with Crippen molar-refractivity contribution in [1.29, 1.82) is 0 Å². The van der Waals surface area contributed by atoms with E-state index in [1.807, 2.05) is 0 Å². The smallest absolute Gasteiger partial charge is 0.306 e. The zero-order chi connectivity index (χ0) is 37.1. The first-order chi connectivity index (χ1) is 24.1. The Morgan fingerprint density at radius 2 is 0.700 bits per heavy atom. The normalized spacial score (nSPS) is 12.7. The molecule has 0 aromatic rings. The highest BCUT2D eigenvalue weighted by Crippen LogP contribution is 2.17. The van der Waals surface area contributed by atoms with Crippen LogP contribution in [0.5, 0.6) is 0 Å². The van der Waals surface area contributed by atoms with Crippen molar-refractivity contribution < 1.29 is 28.6 Å². The molecule has 0 aliphatic carbocycles. The van der Waals surface area contributed by atoms with E-state index in [1.54, 1.807) is 0 Å². The first-order valence-corrected chi connectivity index (χ1v) is 21.6. The van der Waals surface area contributed by atoms with Gasteiger partial charge in [0.25, 0.3) is 0 Å². The molecule has 2 atom stereocenters. The molecule has 0 aliphatic rings. The Morgan fingerprint density at radius 1 is 0.400 bits per heavy atom. The van der Waals surface area contributed by atoms with Gasteiger partial charge in [-0.2, -0.15) is 0 Å². The van der Waals surface area contributed by atoms with Crippen LogP contribution in [0.3, 0.4) is 0 Å². The Hall–Kier alpha value is -1.59. The average molecular weight is 709 g/mol. The maximum Gasteiger partial charge on any atom is 0.306 e. The predicted molar refractivity (Wildman–Crippen MR) is 210 cm³/mol. The molecule has 0 N–H and O–H groups in total. The van der Waals surface area contributed by atoms with E-state index in [0.29, 0.717) is 19.3 Å². The van der Waals surface area contributed by atoms with E-state index in [0.717, 1.165) is 75.5 Å². The summed E-state index contributed by atoms with van der Waals surface area (Å²) in [7, 11) is 0. The molecule has 0 bridgehead atoms. The number of carbonyl (C=O) groups is 3. The van der Waals surface area contributed by atoms with Crippen LogP contribution in [0.25, 0.3) is 0 Å². The monoisotopic (exact) mass is 709 g/mol. The number of rotatable bonds is 37. The van der Waals surface area contributed by atoms with Gasteiger partial charge in [-0.1, -0.05) is 189 Å². The molecule has 0 saturated carbocycles. The van der Waals surface area contributed by atoms with E-state index >= 15 is 0 Å². The summed E-state index contributed by atoms with van der Waals surface area (Å²) in [5.41, 5.74) is 0. The molecule has 0 radical (unpaired) electrons. The highest BCUT2D eigenvalue weighted by molar-refractivity contribution is 5.71. The number of hydrogen-bond donors (Lipinski definition) is 0. The Kier molecular flexibility index (Phi) is 34.7. The number of esters is 3. The van der Waals surface area contributed by atoms with Gasteiger partial charge >= 0.3 is 17.9 Å². The van der Waals surface area contributed by atoms with Gasteiger partial charge in [-0.25, -0.2) is 0 Å². The minimum Gasteiger partial charge on any atom is -0.462 e. The summed E-state index contributed by atoms with van der Waals surface area (Å²) in [4.78, 5) is 37.6. The van der Waals surface area contributed by atoms with Crippen LogP contribution in [0, 0.1) is 17.8 Å². The van der Waals surface area contributed by atoms with E-state index < -0.39 is 6.10 Å². The molecule has 0 saturated heterocycles. The topological polar surface area (TPSA) is 78.9 Å². The lowest BCUT2D eigenvalue weighted by atomic mass is 10.00. The maximum absolute atomic E-state index is 12.6. The third-order valence-electron chi connectivity index (χ3n) is 10.0. The van der Waals surface area contributed by atoms with Crippen molar-refractivity contribution in [2.24, 2.45) is 17.8 Å². The van der Waals surface area contributed by atoms with Crippen LogP contribution < -0.4 is 0 Å². The molecule has 0 aliphatic heterocycles. The van der Waals surface area contributed by atoms with Crippen molar-refractivity contribution in [3.05, 3.63) is 0 Å². The molecule has 0 amide bonds. The maximum atomic E-state index is 12.6. The Labute approximate surface area is 310 Å². The second kappa shape index (κ2) is 35.8. The molecule has 0 fully saturated rings. The Balaban J connectivity index is 4.35. The molecular formula is C44H84O6. The standard InChI is InChI=1S/C44H84O6/c1-7-40(6)32-26-20-15-17-23-29-35-44(47)50-41(37-49-43(46)34-28-22-16-14-19-25-31-39(4)5)36-48-42(45)33-27-21-13-11-9-8-10-12-18-24-30-38(2)3/h38-41H,7-37H2,1-6H3/t40?,41-/m0/s1. The first-order valence-electron chi connectivity index (χ1n) is 21.6. The lowest BCUT2D eigenvalue weighted by Crippen LogP contribution is -2.30. The van der Waals surface area contributed by atoms with Crippen LogP contribution in [0.15, 0.2) is 0 Å². The molecule has 50 heavy (non-hydrogen) atoms. The fraction of sp³-hybridized carbons (Fsp3) is 0.932. The van der Waals surface area contributed by atoms with Gasteiger partial charge in [-0.15, -0.1) is 0 Å². The third kappa shape index (κ3) is 36.2. The van der Waals surface area contributed by atoms with Crippen molar-refractivity contribution in [2.75, 3.05) is 13.2 Å². The zero-order valence-corrected chi connectivity index (χ0v) is 34.2. The van der Waals surface area contributed by atoms with E-state index in [1.165, 1.54) is 109 Å². The third-order valence-corrected chi connectivity index (χ3v) is 10.0. The van der Waals surface area contributed by atoms with Crippen LogP contribution in [0.4, 0.5) is 0 Å². The van der Waals surface area contributed by atoms with Crippen LogP contribution in [-0.4, -0.2) is 37.2 Å². The Morgan fingerprint density at radius 3 is 1.04 bits per heavy atom. The fourth-order valence-corrected chi connectivity index (χ4v) is 6.32. The largest absolute Gasteiger partial charge is 0.462 e. The van der Waals surface area contributed by atoms with Crippen molar-refractivity contribution >= 4 is 17.9 Å². The molecule has 0 aromatic carbocycles. The van der Waals surface area contributed by atoms with Gasteiger partial charge in [0.15, 0.2) is 6.10 Å². The molecule has 296 valence electrons. The minimum atomic E-state index is -0.762.